The monoisotopic (exact) mass is 303 g/mol. The van der Waals surface area contributed by atoms with Gasteiger partial charge >= 0.3 is 0 Å². The van der Waals surface area contributed by atoms with E-state index in [1.54, 1.807) is 4.40 Å². The second-order valence-corrected chi connectivity index (χ2v) is 6.02. The van der Waals surface area contributed by atoms with Gasteiger partial charge in [-0.1, -0.05) is 48.0 Å². The standard InChI is InChI=1S/C19H10ClNO/c20-13-8-7-12-9-17-14-5-1-3-11-4-2-6-15(18(11)14)19(22)21(17)16(12)10-13/h1-10H. The molecule has 0 unspecified atom stereocenters. The minimum atomic E-state index is 0.0107. The molecule has 3 heteroatoms. The zero-order valence-electron chi connectivity index (χ0n) is 11.5. The van der Waals surface area contributed by atoms with Crippen molar-refractivity contribution in [1.29, 1.82) is 0 Å². The van der Waals surface area contributed by atoms with Gasteiger partial charge in [0.25, 0.3) is 5.56 Å². The van der Waals surface area contributed by atoms with E-state index >= 15 is 0 Å². The molecule has 0 fully saturated rings. The van der Waals surface area contributed by atoms with Crippen molar-refractivity contribution in [3.8, 4) is 0 Å². The van der Waals surface area contributed by atoms with Crippen molar-refractivity contribution in [2.24, 2.45) is 0 Å². The first kappa shape index (κ1) is 12.0. The molecule has 2 aromatic heterocycles. The summed E-state index contributed by atoms with van der Waals surface area (Å²) in [5.41, 5.74) is 1.81. The Morgan fingerprint density at radius 2 is 1.55 bits per heavy atom. The number of aromatic nitrogens is 1. The van der Waals surface area contributed by atoms with Crippen LogP contribution in [0, 0.1) is 0 Å². The fraction of sp³-hybridized carbons (Fsp3) is 0. The van der Waals surface area contributed by atoms with Gasteiger partial charge in [0.1, 0.15) is 0 Å². The molecule has 5 rings (SSSR count). The van der Waals surface area contributed by atoms with Crippen LogP contribution in [0.3, 0.4) is 0 Å². The Balaban J connectivity index is 2.23. The highest BCUT2D eigenvalue weighted by atomic mass is 35.5. The fourth-order valence-electron chi connectivity index (χ4n) is 3.44. The molecule has 0 radical (unpaired) electrons. The van der Waals surface area contributed by atoms with Crippen LogP contribution in [0.2, 0.25) is 5.02 Å². The van der Waals surface area contributed by atoms with Gasteiger partial charge in [0.2, 0.25) is 0 Å². The van der Waals surface area contributed by atoms with Gasteiger partial charge in [0.05, 0.1) is 11.0 Å². The van der Waals surface area contributed by atoms with Gasteiger partial charge in [-0.2, -0.15) is 0 Å². The summed E-state index contributed by atoms with van der Waals surface area (Å²) in [4.78, 5) is 13.0. The number of hydrogen-bond donors (Lipinski definition) is 0. The van der Waals surface area contributed by atoms with Gasteiger partial charge in [0, 0.05) is 26.6 Å². The van der Waals surface area contributed by atoms with Gasteiger partial charge in [-0.05, 0) is 29.7 Å². The number of fused-ring (bicyclic) bond motifs is 4. The molecule has 2 nitrogen and oxygen atoms in total. The predicted octanol–water partition coefficient (Wildman–Crippen LogP) is 4.85. The normalized spacial score (nSPS) is 12.0. The third-order valence-corrected chi connectivity index (χ3v) is 4.62. The summed E-state index contributed by atoms with van der Waals surface area (Å²) in [6, 6.07) is 19.8. The summed E-state index contributed by atoms with van der Waals surface area (Å²) in [6.07, 6.45) is 0. The number of hydrogen-bond acceptors (Lipinski definition) is 1. The molecule has 5 aromatic rings. The van der Waals surface area contributed by atoms with Gasteiger partial charge < -0.3 is 0 Å². The first-order chi connectivity index (χ1) is 10.7. The smallest absolute Gasteiger partial charge is 0.263 e. The average molecular weight is 304 g/mol. The molecule has 0 aliphatic heterocycles. The van der Waals surface area contributed by atoms with Crippen molar-refractivity contribution in [2.45, 2.75) is 0 Å². The lowest BCUT2D eigenvalue weighted by molar-refractivity contribution is 1.21. The van der Waals surface area contributed by atoms with Crippen LogP contribution in [0.25, 0.3) is 38.0 Å². The van der Waals surface area contributed by atoms with Crippen molar-refractivity contribution >= 4 is 49.6 Å². The molecule has 3 aromatic carbocycles. The van der Waals surface area contributed by atoms with Crippen LogP contribution in [0.5, 0.6) is 0 Å². The van der Waals surface area contributed by atoms with E-state index in [0.29, 0.717) is 5.02 Å². The maximum Gasteiger partial charge on any atom is 0.263 e. The molecule has 0 saturated heterocycles. The summed E-state index contributed by atoms with van der Waals surface area (Å²) in [5, 5.41) is 5.64. The van der Waals surface area contributed by atoms with Crippen LogP contribution < -0.4 is 5.56 Å². The minimum Gasteiger partial charge on any atom is -0.276 e. The molecule has 0 spiro atoms. The third-order valence-electron chi connectivity index (χ3n) is 4.38. The van der Waals surface area contributed by atoms with Crippen LogP contribution in [-0.2, 0) is 0 Å². The maximum atomic E-state index is 13.0. The van der Waals surface area contributed by atoms with Crippen LogP contribution in [-0.4, -0.2) is 4.40 Å². The summed E-state index contributed by atoms with van der Waals surface area (Å²) < 4.78 is 1.78. The Labute approximate surface area is 130 Å². The number of nitrogens with zero attached hydrogens (tertiary/aromatic N) is 1. The zero-order valence-corrected chi connectivity index (χ0v) is 12.3. The van der Waals surface area contributed by atoms with Crippen molar-refractivity contribution in [3.05, 3.63) is 76.0 Å². The molecular weight excluding hydrogens is 294 g/mol. The predicted molar refractivity (Wildman–Crippen MR) is 92.4 cm³/mol. The second kappa shape index (κ2) is 3.99. The number of rotatable bonds is 0. The molecule has 22 heavy (non-hydrogen) atoms. The topological polar surface area (TPSA) is 21.5 Å². The summed E-state index contributed by atoms with van der Waals surface area (Å²) in [5.74, 6) is 0. The average Bonchev–Trinajstić information content (AvgIpc) is 2.91. The van der Waals surface area contributed by atoms with E-state index in [1.807, 2.05) is 48.5 Å². The fourth-order valence-corrected chi connectivity index (χ4v) is 3.61. The Morgan fingerprint density at radius 3 is 2.36 bits per heavy atom. The van der Waals surface area contributed by atoms with E-state index in [4.69, 9.17) is 11.6 Å². The lowest BCUT2D eigenvalue weighted by Crippen LogP contribution is -2.12. The summed E-state index contributed by atoms with van der Waals surface area (Å²) in [7, 11) is 0. The lowest BCUT2D eigenvalue weighted by atomic mass is 10.0. The molecule has 0 atom stereocenters. The Hall–Kier alpha value is -2.58. The summed E-state index contributed by atoms with van der Waals surface area (Å²) in [6.45, 7) is 0. The van der Waals surface area contributed by atoms with Crippen LogP contribution in [0.15, 0.2) is 65.5 Å². The van der Waals surface area contributed by atoms with Crippen LogP contribution in [0.1, 0.15) is 0 Å². The van der Waals surface area contributed by atoms with E-state index in [1.165, 1.54) is 0 Å². The lowest BCUT2D eigenvalue weighted by Gasteiger charge is -2.07. The van der Waals surface area contributed by atoms with Crippen molar-refractivity contribution in [1.82, 2.24) is 4.40 Å². The highest BCUT2D eigenvalue weighted by molar-refractivity contribution is 6.31. The van der Waals surface area contributed by atoms with Crippen LogP contribution >= 0.6 is 11.6 Å². The Morgan fingerprint density at radius 1 is 0.773 bits per heavy atom. The molecule has 0 aliphatic carbocycles. The molecule has 0 N–H and O–H groups in total. The SMILES string of the molecule is O=c1c2cccc3cccc(c32)c2cc3ccc(Cl)cc3n12. The molecule has 104 valence electrons. The first-order valence-electron chi connectivity index (χ1n) is 7.12. The van der Waals surface area contributed by atoms with Crippen molar-refractivity contribution < 1.29 is 0 Å². The van der Waals surface area contributed by atoms with Crippen molar-refractivity contribution in [2.75, 3.05) is 0 Å². The highest BCUT2D eigenvalue weighted by Gasteiger charge is 2.14. The molecule has 0 saturated carbocycles. The first-order valence-corrected chi connectivity index (χ1v) is 7.50. The highest BCUT2D eigenvalue weighted by Crippen LogP contribution is 2.31. The molecule has 0 amide bonds. The Kier molecular flexibility index (Phi) is 2.18. The number of benzene rings is 3. The van der Waals surface area contributed by atoms with E-state index in [0.717, 1.165) is 38.0 Å². The second-order valence-electron chi connectivity index (χ2n) is 5.58. The van der Waals surface area contributed by atoms with Gasteiger partial charge in [-0.25, -0.2) is 0 Å². The Bertz CT molecular complexity index is 1250. The van der Waals surface area contributed by atoms with E-state index in [9.17, 15) is 4.79 Å². The van der Waals surface area contributed by atoms with Crippen LogP contribution in [0.4, 0.5) is 0 Å². The van der Waals surface area contributed by atoms with E-state index in [2.05, 4.69) is 12.1 Å². The molecule has 2 heterocycles. The number of halogens is 1. The largest absolute Gasteiger partial charge is 0.276 e. The molecule has 0 aliphatic rings. The van der Waals surface area contributed by atoms with Gasteiger partial charge in [-0.15, -0.1) is 0 Å². The molecule has 0 bridgehead atoms. The van der Waals surface area contributed by atoms with Gasteiger partial charge in [-0.3, -0.25) is 9.20 Å². The molecular formula is C19H10ClNO. The third kappa shape index (κ3) is 1.38. The van der Waals surface area contributed by atoms with E-state index in [-0.39, 0.29) is 5.56 Å². The van der Waals surface area contributed by atoms with Crippen molar-refractivity contribution in [3.63, 3.8) is 0 Å². The zero-order chi connectivity index (χ0) is 14.8. The number of pyridine rings is 1. The maximum absolute atomic E-state index is 13.0. The minimum absolute atomic E-state index is 0.0107. The van der Waals surface area contributed by atoms with Gasteiger partial charge in [0.15, 0.2) is 0 Å². The quantitative estimate of drug-likeness (QED) is 0.401. The summed E-state index contributed by atoms with van der Waals surface area (Å²) >= 11 is 6.12. The van der Waals surface area contributed by atoms with E-state index < -0.39 is 0 Å².